The van der Waals surface area contributed by atoms with Crippen LogP contribution in [0.1, 0.15) is 15.9 Å². The van der Waals surface area contributed by atoms with E-state index in [1.165, 1.54) is 4.90 Å². The van der Waals surface area contributed by atoms with Crippen molar-refractivity contribution >= 4 is 23.5 Å². The number of amides is 1. The Morgan fingerprint density at radius 3 is 2.54 bits per heavy atom. The third-order valence-corrected chi connectivity index (χ3v) is 4.27. The lowest BCUT2D eigenvalue weighted by Crippen LogP contribution is -2.29. The van der Waals surface area contributed by atoms with E-state index in [-0.39, 0.29) is 0 Å². The Hall–Kier alpha value is -3.60. The van der Waals surface area contributed by atoms with E-state index in [0.717, 1.165) is 16.7 Å². The second kappa shape index (κ2) is 6.72. The summed E-state index contributed by atoms with van der Waals surface area (Å²) in [7, 11) is 0. The minimum atomic E-state index is -0.497. The molecule has 0 spiro atoms. The van der Waals surface area contributed by atoms with Gasteiger partial charge in [0, 0.05) is 36.9 Å². The Morgan fingerprint density at radius 2 is 1.77 bits per heavy atom. The lowest BCUT2D eigenvalue weighted by atomic mass is 10.0. The molecule has 3 heterocycles. The summed E-state index contributed by atoms with van der Waals surface area (Å²) in [4.78, 5) is 34.3. The molecule has 2 aromatic heterocycles. The first-order valence-corrected chi connectivity index (χ1v) is 8.21. The average molecular weight is 341 g/mol. The fourth-order valence-corrected chi connectivity index (χ4v) is 2.96. The van der Waals surface area contributed by atoms with Crippen LogP contribution in [-0.2, 0) is 4.79 Å². The summed E-state index contributed by atoms with van der Waals surface area (Å²) in [5.74, 6) is -0.967. The minimum absolute atomic E-state index is 0.339. The standard InChI is InChI=1S/C21H15N3O2/c25-20-18-13-16(17-4-1-9-23-14-17)5-6-19(18)24(21(20)26)12-2-3-15-7-10-22-11-8-15/h1-11,13-14H,12H2. The van der Waals surface area contributed by atoms with Gasteiger partial charge in [-0.15, -0.1) is 0 Å². The number of hydrogen-bond donors (Lipinski definition) is 0. The maximum Gasteiger partial charge on any atom is 0.299 e. The molecule has 0 aliphatic carbocycles. The number of hydrogen-bond acceptors (Lipinski definition) is 4. The van der Waals surface area contributed by atoms with E-state index in [2.05, 4.69) is 9.97 Å². The van der Waals surface area contributed by atoms with Crippen molar-refractivity contribution in [2.75, 3.05) is 11.4 Å². The molecule has 0 radical (unpaired) electrons. The number of ketones is 1. The molecule has 126 valence electrons. The highest BCUT2D eigenvalue weighted by atomic mass is 16.2. The third kappa shape index (κ3) is 2.91. The van der Waals surface area contributed by atoms with Crippen LogP contribution >= 0.6 is 0 Å². The number of carbonyl (C=O) groups is 2. The van der Waals surface area contributed by atoms with Crippen LogP contribution in [0, 0.1) is 0 Å². The topological polar surface area (TPSA) is 63.2 Å². The van der Waals surface area contributed by atoms with Crippen LogP contribution < -0.4 is 4.90 Å². The molecular weight excluding hydrogens is 326 g/mol. The Balaban J connectivity index is 1.61. The second-order valence-corrected chi connectivity index (χ2v) is 5.90. The highest BCUT2D eigenvalue weighted by Gasteiger charge is 2.35. The van der Waals surface area contributed by atoms with Gasteiger partial charge in [-0.2, -0.15) is 0 Å². The van der Waals surface area contributed by atoms with Crippen molar-refractivity contribution in [1.29, 1.82) is 0 Å². The molecule has 0 N–H and O–H groups in total. The van der Waals surface area contributed by atoms with Gasteiger partial charge in [0.2, 0.25) is 0 Å². The molecule has 5 nitrogen and oxygen atoms in total. The van der Waals surface area contributed by atoms with Crippen LogP contribution in [0.2, 0.25) is 0 Å². The van der Waals surface area contributed by atoms with Crippen molar-refractivity contribution in [2.24, 2.45) is 0 Å². The number of Topliss-reactive ketones (excluding diaryl/α,β-unsaturated/α-hetero) is 1. The van der Waals surface area contributed by atoms with E-state index < -0.39 is 11.7 Å². The van der Waals surface area contributed by atoms with E-state index in [0.29, 0.717) is 17.8 Å². The van der Waals surface area contributed by atoms with Crippen molar-refractivity contribution in [3.63, 3.8) is 0 Å². The molecule has 3 aromatic rings. The number of rotatable bonds is 4. The zero-order valence-corrected chi connectivity index (χ0v) is 13.9. The fraction of sp³-hybridized carbons (Fsp3) is 0.0476. The summed E-state index contributed by atoms with van der Waals surface area (Å²) in [6.45, 7) is 0.339. The summed E-state index contributed by atoms with van der Waals surface area (Å²) in [5, 5.41) is 0. The Morgan fingerprint density at radius 1 is 0.923 bits per heavy atom. The largest absolute Gasteiger partial charge is 0.301 e. The lowest BCUT2D eigenvalue weighted by Gasteiger charge is -2.14. The molecule has 26 heavy (non-hydrogen) atoms. The Bertz CT molecular complexity index is 998. The molecule has 1 aliphatic rings. The molecule has 0 saturated carbocycles. The molecule has 1 amide bonds. The van der Waals surface area contributed by atoms with E-state index in [4.69, 9.17) is 0 Å². The predicted octanol–water partition coefficient (Wildman–Crippen LogP) is 3.39. The SMILES string of the molecule is O=C1C(=O)N(CC=Cc2ccncc2)c2ccc(-c3cccnc3)cc21. The van der Waals surface area contributed by atoms with Gasteiger partial charge in [0.25, 0.3) is 11.7 Å². The normalized spacial score (nSPS) is 13.5. The van der Waals surface area contributed by atoms with Crippen LogP contribution in [0.5, 0.6) is 0 Å². The lowest BCUT2D eigenvalue weighted by molar-refractivity contribution is -0.114. The summed E-state index contributed by atoms with van der Waals surface area (Å²) < 4.78 is 0. The highest BCUT2D eigenvalue weighted by Crippen LogP contribution is 2.32. The Labute approximate surface area is 150 Å². The number of carbonyl (C=O) groups excluding carboxylic acids is 2. The molecular formula is C21H15N3O2. The van der Waals surface area contributed by atoms with Crippen LogP contribution in [0.3, 0.4) is 0 Å². The first-order valence-electron chi connectivity index (χ1n) is 8.21. The summed E-state index contributed by atoms with van der Waals surface area (Å²) >= 11 is 0. The van der Waals surface area contributed by atoms with Crippen LogP contribution in [0.15, 0.2) is 73.3 Å². The summed E-state index contributed by atoms with van der Waals surface area (Å²) in [6, 6.07) is 13.0. The monoisotopic (exact) mass is 341 g/mol. The van der Waals surface area contributed by atoms with Gasteiger partial charge >= 0.3 is 0 Å². The molecule has 5 heteroatoms. The van der Waals surface area contributed by atoms with E-state index in [9.17, 15) is 9.59 Å². The molecule has 1 aromatic carbocycles. The molecule has 4 rings (SSSR count). The van der Waals surface area contributed by atoms with Crippen molar-refractivity contribution < 1.29 is 9.59 Å². The zero-order valence-electron chi connectivity index (χ0n) is 13.9. The van der Waals surface area contributed by atoms with E-state index in [1.54, 1.807) is 30.9 Å². The number of anilines is 1. The Kier molecular flexibility index (Phi) is 4.11. The number of pyridine rings is 2. The number of benzene rings is 1. The summed E-state index contributed by atoms with van der Waals surface area (Å²) in [6.07, 6.45) is 10.6. The van der Waals surface area contributed by atoms with E-state index >= 15 is 0 Å². The van der Waals surface area contributed by atoms with Gasteiger partial charge in [0.05, 0.1) is 11.3 Å². The number of fused-ring (bicyclic) bond motifs is 1. The van der Waals surface area contributed by atoms with Crippen LogP contribution in [-0.4, -0.2) is 28.2 Å². The zero-order chi connectivity index (χ0) is 17.9. The van der Waals surface area contributed by atoms with Gasteiger partial charge in [-0.1, -0.05) is 24.3 Å². The molecule has 0 fully saturated rings. The smallest absolute Gasteiger partial charge is 0.299 e. The van der Waals surface area contributed by atoms with Gasteiger partial charge in [-0.25, -0.2) is 0 Å². The quantitative estimate of drug-likeness (QED) is 0.683. The molecule has 0 atom stereocenters. The van der Waals surface area contributed by atoms with Crippen molar-refractivity contribution in [1.82, 2.24) is 9.97 Å². The minimum Gasteiger partial charge on any atom is -0.301 e. The average Bonchev–Trinajstić information content (AvgIpc) is 2.94. The van der Waals surface area contributed by atoms with Gasteiger partial charge < -0.3 is 4.90 Å². The maximum atomic E-state index is 12.4. The first kappa shape index (κ1) is 15.9. The molecule has 0 bridgehead atoms. The fourth-order valence-electron chi connectivity index (χ4n) is 2.96. The van der Waals surface area contributed by atoms with Crippen molar-refractivity contribution in [3.05, 3.63) is 84.5 Å². The van der Waals surface area contributed by atoms with E-state index in [1.807, 2.05) is 48.6 Å². The molecule has 0 saturated heterocycles. The second-order valence-electron chi connectivity index (χ2n) is 5.90. The molecule has 0 unspecified atom stereocenters. The van der Waals surface area contributed by atoms with Crippen molar-refractivity contribution in [3.8, 4) is 11.1 Å². The van der Waals surface area contributed by atoms with Gasteiger partial charge in [-0.05, 0) is 41.5 Å². The molecule has 1 aliphatic heterocycles. The number of aromatic nitrogens is 2. The van der Waals surface area contributed by atoms with Crippen LogP contribution in [0.25, 0.3) is 17.2 Å². The van der Waals surface area contributed by atoms with Crippen molar-refractivity contribution in [2.45, 2.75) is 0 Å². The first-order chi connectivity index (χ1) is 12.7. The van der Waals surface area contributed by atoms with Gasteiger partial charge in [0.15, 0.2) is 0 Å². The predicted molar refractivity (Wildman–Crippen MR) is 99.6 cm³/mol. The maximum absolute atomic E-state index is 12.4. The number of nitrogens with zero attached hydrogens (tertiary/aromatic N) is 3. The van der Waals surface area contributed by atoms with Gasteiger partial charge in [0.1, 0.15) is 0 Å². The van der Waals surface area contributed by atoms with Gasteiger partial charge in [-0.3, -0.25) is 19.6 Å². The van der Waals surface area contributed by atoms with Crippen LogP contribution in [0.4, 0.5) is 5.69 Å². The summed E-state index contributed by atoms with van der Waals surface area (Å²) in [5.41, 5.74) is 3.85. The third-order valence-electron chi connectivity index (χ3n) is 4.27. The highest BCUT2D eigenvalue weighted by molar-refractivity contribution is 6.52.